The zero-order valence-corrected chi connectivity index (χ0v) is 13.0. The fraction of sp³-hybridized carbons (Fsp3) is 0.444. The van der Waals surface area contributed by atoms with E-state index in [4.69, 9.17) is 0 Å². The number of nitrogens with one attached hydrogen (secondary N) is 1. The van der Waals surface area contributed by atoms with Gasteiger partial charge in [-0.05, 0) is 53.8 Å². The van der Waals surface area contributed by atoms with E-state index < -0.39 is 0 Å². The van der Waals surface area contributed by atoms with Gasteiger partial charge in [-0.15, -0.1) is 11.3 Å². The highest BCUT2D eigenvalue weighted by Gasteiger charge is 2.13. The first-order valence-corrected chi connectivity index (χ1v) is 8.62. The maximum Gasteiger partial charge on any atom is 0.0417 e. The number of benzene rings is 1. The predicted molar refractivity (Wildman–Crippen MR) is 87.3 cm³/mol. The molecule has 1 N–H and O–H groups in total. The van der Waals surface area contributed by atoms with Gasteiger partial charge in [-0.1, -0.05) is 37.6 Å². The van der Waals surface area contributed by atoms with E-state index in [0.29, 0.717) is 6.04 Å². The lowest BCUT2D eigenvalue weighted by Gasteiger charge is -2.17. The van der Waals surface area contributed by atoms with Gasteiger partial charge in [-0.25, -0.2) is 0 Å². The zero-order chi connectivity index (χ0) is 13.8. The lowest BCUT2D eigenvalue weighted by Crippen LogP contribution is -2.20. The van der Waals surface area contributed by atoms with E-state index >= 15 is 0 Å². The van der Waals surface area contributed by atoms with Crippen molar-refractivity contribution in [3.8, 4) is 0 Å². The molecular formula is C18H23NS. The molecule has 0 spiro atoms. The van der Waals surface area contributed by atoms with Crippen LogP contribution in [0.5, 0.6) is 0 Å². The first-order valence-electron chi connectivity index (χ1n) is 7.74. The van der Waals surface area contributed by atoms with Crippen LogP contribution in [0.1, 0.15) is 53.8 Å². The van der Waals surface area contributed by atoms with Crippen LogP contribution >= 0.6 is 11.3 Å². The van der Waals surface area contributed by atoms with Crippen molar-refractivity contribution < 1.29 is 0 Å². The molecule has 1 unspecified atom stereocenters. The van der Waals surface area contributed by atoms with Crippen LogP contribution in [0.15, 0.2) is 35.7 Å². The summed E-state index contributed by atoms with van der Waals surface area (Å²) in [5.74, 6) is 0. The smallest absolute Gasteiger partial charge is 0.0417 e. The van der Waals surface area contributed by atoms with E-state index in [1.54, 1.807) is 11.1 Å². The molecule has 2 aromatic rings. The summed E-state index contributed by atoms with van der Waals surface area (Å²) in [5.41, 5.74) is 4.58. The van der Waals surface area contributed by atoms with Gasteiger partial charge in [0, 0.05) is 17.5 Å². The summed E-state index contributed by atoms with van der Waals surface area (Å²) in [4.78, 5) is 1.47. The molecule has 3 rings (SSSR count). The molecule has 1 aliphatic carbocycles. The Kier molecular flexibility index (Phi) is 4.54. The van der Waals surface area contributed by atoms with Gasteiger partial charge in [0.2, 0.25) is 0 Å². The Bertz CT molecular complexity index is 545. The van der Waals surface area contributed by atoms with Gasteiger partial charge >= 0.3 is 0 Å². The van der Waals surface area contributed by atoms with Gasteiger partial charge in [-0.2, -0.15) is 0 Å². The molecule has 1 aliphatic rings. The van der Waals surface area contributed by atoms with Crippen molar-refractivity contribution in [3.05, 3.63) is 57.3 Å². The molecule has 2 heteroatoms. The van der Waals surface area contributed by atoms with Crippen LogP contribution in [0.25, 0.3) is 0 Å². The molecule has 20 heavy (non-hydrogen) atoms. The summed E-state index contributed by atoms with van der Waals surface area (Å²) in [6, 6.07) is 12.0. The minimum Gasteiger partial charge on any atom is -0.305 e. The van der Waals surface area contributed by atoms with Crippen LogP contribution < -0.4 is 5.32 Å². The molecule has 0 fully saturated rings. The number of hydrogen-bond acceptors (Lipinski definition) is 2. The number of fused-ring (bicyclic) bond motifs is 1. The van der Waals surface area contributed by atoms with E-state index in [0.717, 1.165) is 6.54 Å². The normalized spacial score (nSPS) is 15.2. The molecule has 0 amide bonds. The van der Waals surface area contributed by atoms with Gasteiger partial charge in [-0.3, -0.25) is 0 Å². The maximum absolute atomic E-state index is 3.74. The average molecular weight is 285 g/mol. The highest BCUT2D eigenvalue weighted by Crippen LogP contribution is 2.25. The van der Waals surface area contributed by atoms with Gasteiger partial charge in [0.05, 0.1) is 0 Å². The Morgan fingerprint density at radius 2 is 2.10 bits per heavy atom. The third-order valence-electron chi connectivity index (χ3n) is 4.18. The second kappa shape index (κ2) is 6.55. The minimum absolute atomic E-state index is 0.508. The summed E-state index contributed by atoms with van der Waals surface area (Å²) in [6.45, 7) is 3.24. The Morgan fingerprint density at radius 1 is 1.20 bits per heavy atom. The summed E-state index contributed by atoms with van der Waals surface area (Å²) in [6.07, 6.45) is 6.31. The molecule has 1 heterocycles. The van der Waals surface area contributed by atoms with Crippen molar-refractivity contribution in [2.24, 2.45) is 0 Å². The molecule has 1 nitrogen and oxygen atoms in total. The molecule has 0 aliphatic heterocycles. The largest absolute Gasteiger partial charge is 0.305 e. The standard InChI is InChI=1S/C18H23NS/c1-2-5-17(18-8-4-11-20-18)19-13-14-9-10-15-6-3-7-16(15)12-14/h4,8-12,17,19H,2-3,5-7,13H2,1H3. The van der Waals surface area contributed by atoms with Gasteiger partial charge in [0.1, 0.15) is 0 Å². The minimum atomic E-state index is 0.508. The van der Waals surface area contributed by atoms with Crippen molar-refractivity contribution in [3.63, 3.8) is 0 Å². The van der Waals surface area contributed by atoms with Crippen LogP contribution in [-0.2, 0) is 19.4 Å². The number of rotatable bonds is 6. The Labute approximate surface area is 126 Å². The topological polar surface area (TPSA) is 12.0 Å². The molecular weight excluding hydrogens is 262 g/mol. The van der Waals surface area contributed by atoms with E-state index in [9.17, 15) is 0 Å². The second-order valence-corrected chi connectivity index (χ2v) is 6.67. The fourth-order valence-corrected chi connectivity index (χ4v) is 3.94. The Hall–Kier alpha value is -1.12. The quantitative estimate of drug-likeness (QED) is 0.798. The number of hydrogen-bond donors (Lipinski definition) is 1. The summed E-state index contributed by atoms with van der Waals surface area (Å²) in [7, 11) is 0. The predicted octanol–water partition coefficient (Wildman–Crippen LogP) is 4.87. The third-order valence-corrected chi connectivity index (χ3v) is 5.17. The Morgan fingerprint density at radius 3 is 2.90 bits per heavy atom. The van der Waals surface area contributed by atoms with Crippen LogP contribution in [0.4, 0.5) is 0 Å². The van der Waals surface area contributed by atoms with E-state index in [2.05, 4.69) is 48.0 Å². The van der Waals surface area contributed by atoms with Crippen LogP contribution in [0.3, 0.4) is 0 Å². The highest BCUT2D eigenvalue weighted by atomic mass is 32.1. The summed E-state index contributed by atoms with van der Waals surface area (Å²) >= 11 is 1.86. The molecule has 0 bridgehead atoms. The van der Waals surface area contributed by atoms with Crippen LogP contribution in [0.2, 0.25) is 0 Å². The first-order chi connectivity index (χ1) is 9.86. The number of thiophene rings is 1. The van der Waals surface area contributed by atoms with Gasteiger partial charge in [0.25, 0.3) is 0 Å². The van der Waals surface area contributed by atoms with Crippen LogP contribution in [0, 0.1) is 0 Å². The van der Waals surface area contributed by atoms with Crippen molar-refractivity contribution in [2.75, 3.05) is 0 Å². The van der Waals surface area contributed by atoms with Crippen molar-refractivity contribution in [1.82, 2.24) is 5.32 Å². The number of aryl methyl sites for hydroxylation is 2. The SMILES string of the molecule is CCCC(NCc1ccc2c(c1)CCC2)c1cccs1. The lowest BCUT2D eigenvalue weighted by atomic mass is 10.1. The molecule has 1 atom stereocenters. The van der Waals surface area contributed by atoms with Crippen molar-refractivity contribution in [2.45, 2.75) is 51.6 Å². The van der Waals surface area contributed by atoms with Gasteiger partial charge in [0.15, 0.2) is 0 Å². The zero-order valence-electron chi connectivity index (χ0n) is 12.2. The Balaban J connectivity index is 1.65. The maximum atomic E-state index is 3.74. The second-order valence-electron chi connectivity index (χ2n) is 5.69. The monoisotopic (exact) mass is 285 g/mol. The third kappa shape index (κ3) is 3.13. The van der Waals surface area contributed by atoms with E-state index in [1.807, 2.05) is 11.3 Å². The molecule has 0 radical (unpaired) electrons. The molecule has 106 valence electrons. The van der Waals surface area contributed by atoms with E-state index in [1.165, 1.54) is 42.5 Å². The lowest BCUT2D eigenvalue weighted by molar-refractivity contribution is 0.500. The molecule has 1 aromatic heterocycles. The highest BCUT2D eigenvalue weighted by molar-refractivity contribution is 7.10. The van der Waals surface area contributed by atoms with Crippen LogP contribution in [-0.4, -0.2) is 0 Å². The summed E-state index contributed by atoms with van der Waals surface area (Å²) < 4.78 is 0. The van der Waals surface area contributed by atoms with Crippen molar-refractivity contribution in [1.29, 1.82) is 0 Å². The molecule has 1 aromatic carbocycles. The van der Waals surface area contributed by atoms with E-state index in [-0.39, 0.29) is 0 Å². The first kappa shape index (κ1) is 13.8. The average Bonchev–Trinajstić information content (AvgIpc) is 3.13. The van der Waals surface area contributed by atoms with Crippen molar-refractivity contribution >= 4 is 11.3 Å². The van der Waals surface area contributed by atoms with Gasteiger partial charge < -0.3 is 5.32 Å². The summed E-state index contributed by atoms with van der Waals surface area (Å²) in [5, 5.41) is 5.92. The fourth-order valence-electron chi connectivity index (χ4n) is 3.10. The molecule has 0 saturated heterocycles. The molecule has 0 saturated carbocycles.